The molecule has 0 bridgehead atoms. The number of aryl methyl sites for hydroxylation is 3. The minimum atomic E-state index is 0.0724. The number of benzene rings is 1. The fourth-order valence-corrected chi connectivity index (χ4v) is 1.96. The molecule has 3 nitrogen and oxygen atoms in total. The van der Waals surface area contributed by atoms with Crippen LogP contribution >= 0.6 is 0 Å². The fraction of sp³-hybridized carbons (Fsp3) is 0.533. The lowest BCUT2D eigenvalue weighted by Crippen LogP contribution is -2.28. The molecule has 1 atom stereocenters. The Labute approximate surface area is 110 Å². The van der Waals surface area contributed by atoms with Crippen LogP contribution in [-0.2, 0) is 4.79 Å². The normalized spacial score (nSPS) is 12.3. The summed E-state index contributed by atoms with van der Waals surface area (Å²) in [6, 6.07) is 4.28. The van der Waals surface area contributed by atoms with E-state index in [2.05, 4.69) is 26.0 Å². The quantitative estimate of drug-likeness (QED) is 0.890. The van der Waals surface area contributed by atoms with E-state index in [1.807, 2.05) is 20.9 Å². The second-order valence-electron chi connectivity index (χ2n) is 5.19. The van der Waals surface area contributed by atoms with Crippen molar-refractivity contribution in [1.82, 2.24) is 0 Å². The van der Waals surface area contributed by atoms with Crippen LogP contribution in [0.4, 0.5) is 5.69 Å². The van der Waals surface area contributed by atoms with E-state index in [4.69, 9.17) is 5.73 Å². The Morgan fingerprint density at radius 3 is 2.33 bits per heavy atom. The highest BCUT2D eigenvalue weighted by Gasteiger charge is 2.14. The third-order valence-electron chi connectivity index (χ3n) is 3.36. The summed E-state index contributed by atoms with van der Waals surface area (Å²) in [4.78, 5) is 13.8. The second-order valence-corrected chi connectivity index (χ2v) is 5.19. The van der Waals surface area contributed by atoms with E-state index in [-0.39, 0.29) is 11.9 Å². The molecule has 1 aromatic carbocycles. The van der Waals surface area contributed by atoms with Gasteiger partial charge in [-0.15, -0.1) is 0 Å². The van der Waals surface area contributed by atoms with Crippen LogP contribution in [0.2, 0.25) is 0 Å². The number of hydrogen-bond donors (Lipinski definition) is 1. The highest BCUT2D eigenvalue weighted by atomic mass is 16.2. The lowest BCUT2D eigenvalue weighted by atomic mass is 10.0. The average Bonchev–Trinajstić information content (AvgIpc) is 2.29. The van der Waals surface area contributed by atoms with Crippen molar-refractivity contribution in [3.63, 3.8) is 0 Å². The molecule has 0 heterocycles. The van der Waals surface area contributed by atoms with Gasteiger partial charge in [0.1, 0.15) is 0 Å². The first kappa shape index (κ1) is 14.7. The van der Waals surface area contributed by atoms with Crippen LogP contribution in [0.5, 0.6) is 0 Å². The number of nitrogens with two attached hydrogens (primary N) is 1. The topological polar surface area (TPSA) is 46.3 Å². The predicted molar refractivity (Wildman–Crippen MR) is 76.9 cm³/mol. The molecule has 18 heavy (non-hydrogen) atoms. The third kappa shape index (κ3) is 3.57. The number of amides is 1. The maximum Gasteiger partial charge on any atom is 0.226 e. The van der Waals surface area contributed by atoms with E-state index in [0.29, 0.717) is 6.42 Å². The van der Waals surface area contributed by atoms with Gasteiger partial charge in [-0.05, 0) is 56.9 Å². The van der Waals surface area contributed by atoms with E-state index in [1.54, 1.807) is 4.90 Å². The molecule has 2 N–H and O–H groups in total. The molecular formula is C15H24N2O. The first-order chi connectivity index (χ1) is 8.32. The van der Waals surface area contributed by atoms with Crippen LogP contribution in [0.25, 0.3) is 0 Å². The summed E-state index contributed by atoms with van der Waals surface area (Å²) in [5.74, 6) is 0.124. The summed E-state index contributed by atoms with van der Waals surface area (Å²) in [6.07, 6.45) is 1.23. The van der Waals surface area contributed by atoms with Gasteiger partial charge in [0.05, 0.1) is 0 Å². The fourth-order valence-electron chi connectivity index (χ4n) is 1.96. The van der Waals surface area contributed by atoms with Crippen molar-refractivity contribution < 1.29 is 4.79 Å². The lowest BCUT2D eigenvalue weighted by molar-refractivity contribution is -0.118. The van der Waals surface area contributed by atoms with Crippen molar-refractivity contribution in [2.45, 2.75) is 46.6 Å². The van der Waals surface area contributed by atoms with Crippen molar-refractivity contribution in [3.05, 3.63) is 28.8 Å². The molecule has 0 saturated heterocycles. The largest absolute Gasteiger partial charge is 0.328 e. The summed E-state index contributed by atoms with van der Waals surface area (Å²) in [5.41, 5.74) is 10.3. The first-order valence-corrected chi connectivity index (χ1v) is 6.43. The standard InChI is InChI=1S/C15H24N2O/c1-10-8-12(3)14(9-11(10)2)17(5)15(18)7-6-13(4)16/h8-9,13H,6-7,16H2,1-5H3. The minimum Gasteiger partial charge on any atom is -0.328 e. The maximum atomic E-state index is 12.1. The number of nitrogens with zero attached hydrogens (tertiary/aromatic N) is 1. The monoisotopic (exact) mass is 248 g/mol. The average molecular weight is 248 g/mol. The number of hydrogen-bond acceptors (Lipinski definition) is 2. The molecule has 0 saturated carbocycles. The predicted octanol–water partition coefficient (Wildman–Crippen LogP) is 2.70. The Morgan fingerprint density at radius 1 is 1.22 bits per heavy atom. The van der Waals surface area contributed by atoms with E-state index < -0.39 is 0 Å². The first-order valence-electron chi connectivity index (χ1n) is 6.43. The van der Waals surface area contributed by atoms with Gasteiger partial charge >= 0.3 is 0 Å². The van der Waals surface area contributed by atoms with Gasteiger partial charge in [0.25, 0.3) is 0 Å². The van der Waals surface area contributed by atoms with E-state index in [0.717, 1.165) is 17.7 Å². The lowest BCUT2D eigenvalue weighted by Gasteiger charge is -2.21. The zero-order chi connectivity index (χ0) is 13.9. The zero-order valence-electron chi connectivity index (χ0n) is 12.1. The Hall–Kier alpha value is -1.35. The summed E-state index contributed by atoms with van der Waals surface area (Å²) >= 11 is 0. The van der Waals surface area contributed by atoms with Crippen LogP contribution in [0.15, 0.2) is 12.1 Å². The van der Waals surface area contributed by atoms with Crippen LogP contribution in [-0.4, -0.2) is 19.0 Å². The molecule has 3 heteroatoms. The Balaban J connectivity index is 2.86. The molecule has 0 aliphatic carbocycles. The minimum absolute atomic E-state index is 0.0724. The van der Waals surface area contributed by atoms with Gasteiger partial charge in [0.2, 0.25) is 5.91 Å². The Kier molecular flexibility index (Phi) is 4.91. The van der Waals surface area contributed by atoms with Crippen molar-refractivity contribution in [2.24, 2.45) is 5.73 Å². The van der Waals surface area contributed by atoms with Crippen LogP contribution in [0.1, 0.15) is 36.5 Å². The summed E-state index contributed by atoms with van der Waals surface area (Å²) in [5, 5.41) is 0. The Morgan fingerprint density at radius 2 is 1.78 bits per heavy atom. The van der Waals surface area contributed by atoms with E-state index in [1.165, 1.54) is 11.1 Å². The second kappa shape index (κ2) is 6.01. The number of carbonyl (C=O) groups is 1. The molecule has 0 aliphatic heterocycles. The number of rotatable bonds is 4. The summed E-state index contributed by atoms with van der Waals surface area (Å²) in [6.45, 7) is 8.12. The van der Waals surface area contributed by atoms with Gasteiger partial charge < -0.3 is 10.6 Å². The van der Waals surface area contributed by atoms with Crippen molar-refractivity contribution in [1.29, 1.82) is 0 Å². The molecule has 0 fully saturated rings. The number of carbonyl (C=O) groups excluding carboxylic acids is 1. The van der Waals surface area contributed by atoms with Gasteiger partial charge in [-0.1, -0.05) is 6.07 Å². The number of anilines is 1. The molecule has 1 aromatic rings. The smallest absolute Gasteiger partial charge is 0.226 e. The molecule has 1 rings (SSSR count). The summed E-state index contributed by atoms with van der Waals surface area (Å²) < 4.78 is 0. The molecule has 1 amide bonds. The van der Waals surface area contributed by atoms with Gasteiger partial charge in [-0.2, -0.15) is 0 Å². The van der Waals surface area contributed by atoms with Crippen LogP contribution in [0, 0.1) is 20.8 Å². The summed E-state index contributed by atoms with van der Waals surface area (Å²) in [7, 11) is 1.83. The molecule has 0 radical (unpaired) electrons. The maximum absolute atomic E-state index is 12.1. The molecule has 1 unspecified atom stereocenters. The Bertz CT molecular complexity index is 438. The van der Waals surface area contributed by atoms with Gasteiger partial charge in [0, 0.05) is 25.2 Å². The van der Waals surface area contributed by atoms with Gasteiger partial charge in [0.15, 0.2) is 0 Å². The molecule has 0 spiro atoms. The van der Waals surface area contributed by atoms with E-state index >= 15 is 0 Å². The van der Waals surface area contributed by atoms with Crippen molar-refractivity contribution >= 4 is 11.6 Å². The zero-order valence-corrected chi connectivity index (χ0v) is 12.1. The van der Waals surface area contributed by atoms with E-state index in [9.17, 15) is 4.79 Å². The third-order valence-corrected chi connectivity index (χ3v) is 3.36. The van der Waals surface area contributed by atoms with Crippen molar-refractivity contribution in [2.75, 3.05) is 11.9 Å². The molecule has 100 valence electrons. The van der Waals surface area contributed by atoms with Crippen LogP contribution in [0.3, 0.4) is 0 Å². The van der Waals surface area contributed by atoms with Crippen molar-refractivity contribution in [3.8, 4) is 0 Å². The highest BCUT2D eigenvalue weighted by Crippen LogP contribution is 2.23. The van der Waals surface area contributed by atoms with Gasteiger partial charge in [-0.3, -0.25) is 4.79 Å². The van der Waals surface area contributed by atoms with Crippen LogP contribution < -0.4 is 10.6 Å². The molecule has 0 aliphatic rings. The van der Waals surface area contributed by atoms with Gasteiger partial charge in [-0.25, -0.2) is 0 Å². The SMILES string of the molecule is Cc1cc(C)c(N(C)C(=O)CCC(C)N)cc1C. The highest BCUT2D eigenvalue weighted by molar-refractivity contribution is 5.93. The molecule has 0 aromatic heterocycles. The molecular weight excluding hydrogens is 224 g/mol.